The Balaban J connectivity index is 1.66. The molecule has 1 aromatic carbocycles. The summed E-state index contributed by atoms with van der Waals surface area (Å²) in [5.74, 6) is 0.569. The molecule has 0 saturated heterocycles. The molecule has 98 valence electrons. The Hall–Kier alpha value is -1.88. The van der Waals surface area contributed by atoms with Gasteiger partial charge < -0.3 is 4.42 Å². The molecule has 1 aliphatic rings. The second kappa shape index (κ2) is 5.01. The normalized spacial score (nSPS) is 16.1. The standard InChI is InChI=1S/C13H12ClN3O2/c14-10(8-4-2-1-3-5-8)11(18)15-13-17-16-12(19-13)9-6-7-9/h1-5,9-10H,6-7H2,(H,15,17,18). The van der Waals surface area contributed by atoms with Gasteiger partial charge >= 0.3 is 6.01 Å². The number of hydrogen-bond acceptors (Lipinski definition) is 4. The molecule has 1 atom stereocenters. The third-order valence-corrected chi connectivity index (χ3v) is 3.37. The van der Waals surface area contributed by atoms with Gasteiger partial charge in [-0.15, -0.1) is 16.7 Å². The van der Waals surface area contributed by atoms with Crippen LogP contribution in [0.3, 0.4) is 0 Å². The molecule has 1 aromatic heterocycles. The molecule has 1 fully saturated rings. The maximum absolute atomic E-state index is 11.9. The van der Waals surface area contributed by atoms with Crippen LogP contribution in [0.1, 0.15) is 35.6 Å². The second-order valence-electron chi connectivity index (χ2n) is 4.48. The highest BCUT2D eigenvalue weighted by Gasteiger charge is 2.30. The van der Waals surface area contributed by atoms with E-state index in [1.54, 1.807) is 12.1 Å². The molecule has 0 spiro atoms. The zero-order valence-corrected chi connectivity index (χ0v) is 10.8. The van der Waals surface area contributed by atoms with Gasteiger partial charge in [0.2, 0.25) is 5.89 Å². The first-order chi connectivity index (χ1) is 9.24. The van der Waals surface area contributed by atoms with Crippen LogP contribution in [0.5, 0.6) is 0 Å². The molecule has 1 saturated carbocycles. The van der Waals surface area contributed by atoms with Crippen LogP contribution in [-0.2, 0) is 4.79 Å². The lowest BCUT2D eigenvalue weighted by molar-refractivity contribution is -0.116. The molecule has 6 heteroatoms. The van der Waals surface area contributed by atoms with Crippen molar-refractivity contribution in [3.05, 3.63) is 41.8 Å². The van der Waals surface area contributed by atoms with Gasteiger partial charge in [-0.2, -0.15) is 0 Å². The van der Waals surface area contributed by atoms with Crippen LogP contribution in [0.4, 0.5) is 6.01 Å². The van der Waals surface area contributed by atoms with Gasteiger partial charge in [-0.3, -0.25) is 10.1 Å². The van der Waals surface area contributed by atoms with Crippen LogP contribution in [-0.4, -0.2) is 16.1 Å². The van der Waals surface area contributed by atoms with E-state index in [0.29, 0.717) is 11.8 Å². The minimum absolute atomic E-state index is 0.105. The first-order valence-corrected chi connectivity index (χ1v) is 6.51. The first-order valence-electron chi connectivity index (χ1n) is 6.07. The lowest BCUT2D eigenvalue weighted by Crippen LogP contribution is -2.17. The summed E-state index contributed by atoms with van der Waals surface area (Å²) in [6.45, 7) is 0. The number of aromatic nitrogens is 2. The Labute approximate surface area is 115 Å². The minimum atomic E-state index is -0.780. The molecule has 3 rings (SSSR count). The molecule has 0 aliphatic heterocycles. The van der Waals surface area contributed by atoms with E-state index in [9.17, 15) is 4.79 Å². The van der Waals surface area contributed by atoms with Crippen molar-refractivity contribution in [2.45, 2.75) is 24.1 Å². The van der Waals surface area contributed by atoms with Crippen LogP contribution < -0.4 is 5.32 Å². The molecule has 1 aliphatic carbocycles. The largest absolute Gasteiger partial charge is 0.408 e. The van der Waals surface area contributed by atoms with Gasteiger partial charge in [0.15, 0.2) is 0 Å². The second-order valence-corrected chi connectivity index (χ2v) is 4.92. The number of carbonyl (C=O) groups is 1. The number of anilines is 1. The van der Waals surface area contributed by atoms with E-state index in [0.717, 1.165) is 18.4 Å². The van der Waals surface area contributed by atoms with Gasteiger partial charge in [0.1, 0.15) is 5.38 Å². The van der Waals surface area contributed by atoms with Crippen molar-refractivity contribution < 1.29 is 9.21 Å². The van der Waals surface area contributed by atoms with Crippen LogP contribution >= 0.6 is 11.6 Å². The molecule has 1 amide bonds. The molecule has 0 bridgehead atoms. The van der Waals surface area contributed by atoms with Crippen molar-refractivity contribution in [2.24, 2.45) is 0 Å². The van der Waals surface area contributed by atoms with Gasteiger partial charge in [-0.1, -0.05) is 35.4 Å². The number of hydrogen-bond donors (Lipinski definition) is 1. The lowest BCUT2D eigenvalue weighted by Gasteiger charge is -2.07. The van der Waals surface area contributed by atoms with Crippen LogP contribution in [0.25, 0.3) is 0 Å². The third kappa shape index (κ3) is 2.76. The number of rotatable bonds is 4. The summed E-state index contributed by atoms with van der Waals surface area (Å²) in [4.78, 5) is 11.9. The van der Waals surface area contributed by atoms with Crippen molar-refractivity contribution in [1.82, 2.24) is 10.2 Å². The Morgan fingerprint density at radius 1 is 1.32 bits per heavy atom. The molecule has 2 aromatic rings. The Kier molecular flexibility index (Phi) is 3.21. The number of nitrogens with zero attached hydrogens (tertiary/aromatic N) is 2. The molecule has 5 nitrogen and oxygen atoms in total. The summed E-state index contributed by atoms with van der Waals surface area (Å²) >= 11 is 6.09. The summed E-state index contributed by atoms with van der Waals surface area (Å²) in [7, 11) is 0. The highest BCUT2D eigenvalue weighted by Crippen LogP contribution is 2.39. The quantitative estimate of drug-likeness (QED) is 0.873. The van der Waals surface area contributed by atoms with E-state index in [1.807, 2.05) is 18.2 Å². The Morgan fingerprint density at radius 3 is 2.74 bits per heavy atom. The van der Waals surface area contributed by atoms with E-state index in [1.165, 1.54) is 0 Å². The number of carbonyl (C=O) groups excluding carboxylic acids is 1. The summed E-state index contributed by atoms with van der Waals surface area (Å²) in [6.07, 6.45) is 2.13. The van der Waals surface area contributed by atoms with Crippen LogP contribution in [0, 0.1) is 0 Å². The third-order valence-electron chi connectivity index (χ3n) is 2.92. The summed E-state index contributed by atoms with van der Waals surface area (Å²) in [5.41, 5.74) is 0.726. The fourth-order valence-corrected chi connectivity index (χ4v) is 1.92. The number of alkyl halides is 1. The van der Waals surface area contributed by atoms with Crippen molar-refractivity contribution in [1.29, 1.82) is 0 Å². The van der Waals surface area contributed by atoms with Gasteiger partial charge in [0.05, 0.1) is 0 Å². The molecule has 1 N–H and O–H groups in total. The molecule has 0 radical (unpaired) electrons. The average molecular weight is 278 g/mol. The van der Waals surface area contributed by atoms with E-state index < -0.39 is 5.38 Å². The van der Waals surface area contributed by atoms with E-state index >= 15 is 0 Å². The van der Waals surface area contributed by atoms with Crippen molar-refractivity contribution in [2.75, 3.05) is 5.32 Å². The average Bonchev–Trinajstić information content (AvgIpc) is 3.20. The molecular weight excluding hydrogens is 266 g/mol. The van der Waals surface area contributed by atoms with Crippen LogP contribution in [0.15, 0.2) is 34.7 Å². The zero-order chi connectivity index (χ0) is 13.2. The fraction of sp³-hybridized carbons (Fsp3) is 0.308. The highest BCUT2D eigenvalue weighted by atomic mass is 35.5. The fourth-order valence-electron chi connectivity index (χ4n) is 1.72. The Morgan fingerprint density at radius 2 is 2.05 bits per heavy atom. The molecule has 1 unspecified atom stereocenters. The maximum Gasteiger partial charge on any atom is 0.322 e. The number of nitrogens with one attached hydrogen (secondary N) is 1. The SMILES string of the molecule is O=C(Nc1nnc(C2CC2)o1)C(Cl)c1ccccc1. The van der Waals surface area contributed by atoms with E-state index in [-0.39, 0.29) is 11.9 Å². The zero-order valence-electron chi connectivity index (χ0n) is 10.0. The topological polar surface area (TPSA) is 68.0 Å². The minimum Gasteiger partial charge on any atom is -0.408 e. The summed E-state index contributed by atoms with van der Waals surface area (Å²) in [5, 5.41) is 9.43. The van der Waals surface area contributed by atoms with Gasteiger partial charge in [-0.25, -0.2) is 0 Å². The summed E-state index contributed by atoms with van der Waals surface area (Å²) in [6, 6.07) is 9.21. The highest BCUT2D eigenvalue weighted by molar-refractivity contribution is 6.32. The predicted octanol–water partition coefficient (Wildman–Crippen LogP) is 2.87. The van der Waals surface area contributed by atoms with E-state index in [4.69, 9.17) is 16.0 Å². The van der Waals surface area contributed by atoms with Gasteiger partial charge in [-0.05, 0) is 18.4 Å². The molecule has 1 heterocycles. The smallest absolute Gasteiger partial charge is 0.322 e. The number of halogens is 1. The van der Waals surface area contributed by atoms with Gasteiger partial charge in [0, 0.05) is 5.92 Å². The first kappa shape index (κ1) is 12.2. The van der Waals surface area contributed by atoms with E-state index in [2.05, 4.69) is 15.5 Å². The predicted molar refractivity (Wildman–Crippen MR) is 69.9 cm³/mol. The van der Waals surface area contributed by atoms with Crippen molar-refractivity contribution >= 4 is 23.5 Å². The van der Waals surface area contributed by atoms with Crippen molar-refractivity contribution in [3.8, 4) is 0 Å². The van der Waals surface area contributed by atoms with Crippen molar-refractivity contribution in [3.63, 3.8) is 0 Å². The number of benzene rings is 1. The molecular formula is C13H12ClN3O2. The Bertz CT molecular complexity index is 581. The van der Waals surface area contributed by atoms with Gasteiger partial charge in [0.25, 0.3) is 5.91 Å². The molecule has 19 heavy (non-hydrogen) atoms. The maximum atomic E-state index is 11.9. The number of amides is 1. The lowest BCUT2D eigenvalue weighted by atomic mass is 10.1. The monoisotopic (exact) mass is 277 g/mol. The summed E-state index contributed by atoms with van der Waals surface area (Å²) < 4.78 is 5.35. The van der Waals surface area contributed by atoms with Crippen LogP contribution in [0.2, 0.25) is 0 Å².